The fourth-order valence-electron chi connectivity index (χ4n) is 2.95. The zero-order valence-corrected chi connectivity index (χ0v) is 15.0. The summed E-state index contributed by atoms with van der Waals surface area (Å²) < 4.78 is 2.26. The Bertz CT molecular complexity index is 950. The first-order chi connectivity index (χ1) is 12.3. The van der Waals surface area contributed by atoms with Crippen LogP contribution in [-0.4, -0.2) is 9.97 Å². The maximum atomic E-state index is 4.58. The summed E-state index contributed by atoms with van der Waals surface area (Å²) in [6.45, 7) is 4.31. The van der Waals surface area contributed by atoms with E-state index in [-0.39, 0.29) is 0 Å². The van der Waals surface area contributed by atoms with Gasteiger partial charge in [0.05, 0.1) is 27.4 Å². The fraction of sp³-hybridized carbons (Fsp3) is 0.0952. The van der Waals surface area contributed by atoms with Crippen molar-refractivity contribution in [2.24, 2.45) is 0 Å². The van der Waals surface area contributed by atoms with Crippen molar-refractivity contribution in [3.63, 3.8) is 0 Å². The third-order valence-electron chi connectivity index (χ3n) is 4.36. The second-order valence-electron chi connectivity index (χ2n) is 5.87. The molecule has 0 fully saturated rings. The average molecular weight is 344 g/mol. The Morgan fingerprint density at radius 1 is 0.760 bits per heavy atom. The van der Waals surface area contributed by atoms with Gasteiger partial charge >= 0.3 is 0 Å². The number of aryl methyl sites for hydroxylation is 1. The molecule has 0 aliphatic carbocycles. The van der Waals surface area contributed by atoms with E-state index in [0.717, 1.165) is 28.2 Å². The second kappa shape index (κ2) is 6.57. The topological polar surface area (TPSA) is 29.7 Å². The highest BCUT2D eigenvalue weighted by atomic mass is 32.1. The molecule has 0 bridgehead atoms. The van der Waals surface area contributed by atoms with Gasteiger partial charge in [0.1, 0.15) is 0 Å². The van der Waals surface area contributed by atoms with Crippen LogP contribution < -0.4 is 4.57 Å². The monoisotopic (exact) mass is 344 g/mol. The van der Waals surface area contributed by atoms with Crippen molar-refractivity contribution >= 4 is 11.3 Å². The number of thiazole rings is 1. The van der Waals surface area contributed by atoms with Crippen molar-refractivity contribution in [2.75, 3.05) is 0 Å². The van der Waals surface area contributed by atoms with E-state index in [1.54, 1.807) is 11.3 Å². The van der Waals surface area contributed by atoms with E-state index in [2.05, 4.69) is 64.2 Å². The Balaban J connectivity index is 2.05. The van der Waals surface area contributed by atoms with Gasteiger partial charge in [-0.2, -0.15) is 4.57 Å². The largest absolute Gasteiger partial charge is 0.256 e. The second-order valence-corrected chi connectivity index (χ2v) is 6.93. The summed E-state index contributed by atoms with van der Waals surface area (Å²) in [5, 5.41) is 0. The van der Waals surface area contributed by atoms with Crippen molar-refractivity contribution in [1.29, 1.82) is 0 Å². The number of benzene rings is 1. The normalized spacial score (nSPS) is 10.8. The first kappa shape index (κ1) is 15.7. The lowest BCUT2D eigenvalue weighted by atomic mass is 10.0. The van der Waals surface area contributed by atoms with E-state index in [1.165, 1.54) is 10.6 Å². The van der Waals surface area contributed by atoms with Crippen LogP contribution in [0.25, 0.3) is 28.2 Å². The molecule has 0 aliphatic heterocycles. The summed E-state index contributed by atoms with van der Waals surface area (Å²) in [6.07, 6.45) is 3.67. The number of aromatic nitrogens is 3. The molecule has 4 aromatic rings. The molecular formula is C21H18N3S+. The molecule has 4 rings (SSSR count). The summed E-state index contributed by atoms with van der Waals surface area (Å²) >= 11 is 1.76. The predicted molar refractivity (Wildman–Crippen MR) is 102 cm³/mol. The minimum atomic E-state index is 0.964. The average Bonchev–Trinajstić information content (AvgIpc) is 3.01. The quantitative estimate of drug-likeness (QED) is 0.501. The maximum Gasteiger partial charge on any atom is 0.231 e. The highest BCUT2D eigenvalue weighted by Gasteiger charge is 2.25. The molecule has 4 heteroatoms. The zero-order valence-electron chi connectivity index (χ0n) is 14.2. The SMILES string of the molecule is Cc1sc[n+](-c2c(-c3ccccn3)cccc2-c2ccccn2)c1C. The Labute approximate surface area is 151 Å². The van der Waals surface area contributed by atoms with Gasteiger partial charge in [0.15, 0.2) is 5.69 Å². The first-order valence-corrected chi connectivity index (χ1v) is 9.06. The number of hydrogen-bond donors (Lipinski definition) is 0. The van der Waals surface area contributed by atoms with Gasteiger partial charge in [-0.25, -0.2) is 0 Å². The van der Waals surface area contributed by atoms with Crippen LogP contribution >= 0.6 is 11.3 Å². The van der Waals surface area contributed by atoms with Gasteiger partial charge in [-0.05, 0) is 43.3 Å². The Hall–Kier alpha value is -2.85. The van der Waals surface area contributed by atoms with Crippen molar-refractivity contribution in [3.05, 3.63) is 83.1 Å². The number of rotatable bonds is 3. The van der Waals surface area contributed by atoms with Gasteiger partial charge < -0.3 is 0 Å². The van der Waals surface area contributed by atoms with Gasteiger partial charge in [-0.15, -0.1) is 0 Å². The smallest absolute Gasteiger partial charge is 0.231 e. The molecule has 0 aliphatic rings. The fourth-order valence-corrected chi connectivity index (χ4v) is 3.74. The van der Waals surface area contributed by atoms with Crippen molar-refractivity contribution in [3.8, 4) is 28.2 Å². The summed E-state index contributed by atoms with van der Waals surface area (Å²) in [7, 11) is 0. The minimum absolute atomic E-state index is 0.964. The van der Waals surface area contributed by atoms with Gasteiger partial charge in [0.25, 0.3) is 0 Å². The van der Waals surface area contributed by atoms with Crippen LogP contribution in [0.3, 0.4) is 0 Å². The van der Waals surface area contributed by atoms with Crippen molar-refractivity contribution in [2.45, 2.75) is 13.8 Å². The summed E-state index contributed by atoms with van der Waals surface area (Å²) in [4.78, 5) is 10.5. The minimum Gasteiger partial charge on any atom is -0.256 e. The third kappa shape index (κ3) is 2.85. The molecule has 0 saturated heterocycles. The van der Waals surface area contributed by atoms with Crippen molar-refractivity contribution < 1.29 is 4.57 Å². The summed E-state index contributed by atoms with van der Waals surface area (Å²) in [5.41, 5.74) is 8.67. The molecule has 25 heavy (non-hydrogen) atoms. The number of pyridine rings is 2. The summed E-state index contributed by atoms with van der Waals surface area (Å²) in [6, 6.07) is 18.4. The molecule has 0 spiro atoms. The van der Waals surface area contributed by atoms with Crippen LogP contribution in [0.1, 0.15) is 10.6 Å². The van der Waals surface area contributed by atoms with Crippen LogP contribution in [-0.2, 0) is 0 Å². The molecule has 0 atom stereocenters. The molecular weight excluding hydrogens is 326 g/mol. The van der Waals surface area contributed by atoms with Crippen LogP contribution in [0.2, 0.25) is 0 Å². The highest BCUT2D eigenvalue weighted by molar-refractivity contribution is 7.09. The first-order valence-electron chi connectivity index (χ1n) is 8.18. The molecule has 3 heterocycles. The predicted octanol–water partition coefficient (Wildman–Crippen LogP) is 4.77. The standard InChI is InChI=1S/C21H18N3S/c1-15-16(2)25-14-24(15)21-17(19-10-3-5-12-22-19)8-7-9-18(21)20-11-4-6-13-23-20/h3-14H,1-2H3/q+1. The van der Waals surface area contributed by atoms with Gasteiger partial charge in [0, 0.05) is 19.3 Å². The molecule has 0 radical (unpaired) electrons. The van der Waals surface area contributed by atoms with E-state index < -0.39 is 0 Å². The zero-order chi connectivity index (χ0) is 17.2. The van der Waals surface area contributed by atoms with Crippen LogP contribution in [0.15, 0.2) is 72.5 Å². The Morgan fingerprint density at radius 3 is 1.80 bits per heavy atom. The molecule has 122 valence electrons. The van der Waals surface area contributed by atoms with Crippen LogP contribution in [0, 0.1) is 13.8 Å². The van der Waals surface area contributed by atoms with Gasteiger partial charge in [0.2, 0.25) is 11.2 Å². The van der Waals surface area contributed by atoms with E-state index in [4.69, 9.17) is 0 Å². The molecule has 3 nitrogen and oxygen atoms in total. The third-order valence-corrected chi connectivity index (χ3v) is 5.33. The molecule has 0 amide bonds. The van der Waals surface area contributed by atoms with E-state index >= 15 is 0 Å². The number of hydrogen-bond acceptors (Lipinski definition) is 3. The molecule has 0 saturated carbocycles. The highest BCUT2D eigenvalue weighted by Crippen LogP contribution is 2.31. The Kier molecular flexibility index (Phi) is 4.12. The molecule has 0 unspecified atom stereocenters. The van der Waals surface area contributed by atoms with Crippen LogP contribution in [0.4, 0.5) is 0 Å². The number of nitrogens with zero attached hydrogens (tertiary/aromatic N) is 3. The lowest BCUT2D eigenvalue weighted by molar-refractivity contribution is -0.596. The van der Waals surface area contributed by atoms with E-state index in [9.17, 15) is 0 Å². The van der Waals surface area contributed by atoms with E-state index in [1.807, 2.05) is 36.7 Å². The molecule has 0 N–H and O–H groups in total. The number of para-hydroxylation sites is 1. The Morgan fingerprint density at radius 2 is 1.36 bits per heavy atom. The molecule has 1 aromatic carbocycles. The lowest BCUT2D eigenvalue weighted by Crippen LogP contribution is -2.33. The van der Waals surface area contributed by atoms with Gasteiger partial charge in [-0.1, -0.05) is 29.5 Å². The van der Waals surface area contributed by atoms with Gasteiger partial charge in [-0.3, -0.25) is 9.97 Å². The van der Waals surface area contributed by atoms with Crippen molar-refractivity contribution in [1.82, 2.24) is 9.97 Å². The molecule has 3 aromatic heterocycles. The summed E-state index contributed by atoms with van der Waals surface area (Å²) in [5.74, 6) is 0. The van der Waals surface area contributed by atoms with Crippen LogP contribution in [0.5, 0.6) is 0 Å². The van der Waals surface area contributed by atoms with E-state index in [0.29, 0.717) is 0 Å². The maximum absolute atomic E-state index is 4.58. The lowest BCUT2D eigenvalue weighted by Gasteiger charge is -2.09.